The quantitative estimate of drug-likeness (QED) is 0.650. The first-order valence-corrected chi connectivity index (χ1v) is 4.18. The van der Waals surface area contributed by atoms with Crippen molar-refractivity contribution in [3.8, 4) is 0 Å². The molecular weight excluding hydrogens is 225 g/mol. The van der Waals surface area contributed by atoms with Gasteiger partial charge in [0.1, 0.15) is 0 Å². The van der Waals surface area contributed by atoms with Crippen molar-refractivity contribution in [2.45, 2.75) is 6.54 Å². The normalized spacial score (nSPS) is 9.18. The minimum absolute atomic E-state index is 0.346. The van der Waals surface area contributed by atoms with Gasteiger partial charge >= 0.3 is 0 Å². The van der Waals surface area contributed by atoms with E-state index >= 15 is 0 Å². The maximum absolute atomic E-state index is 6.66. The molecule has 0 spiro atoms. The molecule has 0 atom stereocenters. The molecule has 3 heteroatoms. The summed E-state index contributed by atoms with van der Waals surface area (Å²) in [6.07, 6.45) is 0. The number of halogens is 2. The molecule has 0 aliphatic carbocycles. The monoisotopic (exact) mass is 229 g/mol. The van der Waals surface area contributed by atoms with Gasteiger partial charge in [0.2, 0.25) is 6.54 Å². The molecule has 1 rings (SSSR count). The van der Waals surface area contributed by atoms with E-state index in [1.165, 1.54) is 0 Å². The summed E-state index contributed by atoms with van der Waals surface area (Å²) in [7, 11) is 0. The molecule has 0 unspecified atom stereocenters. The number of rotatable bonds is 1. The summed E-state index contributed by atoms with van der Waals surface area (Å²) in [4.78, 5) is 3.25. The highest BCUT2D eigenvalue weighted by Gasteiger charge is 2.01. The minimum atomic E-state index is 0.346. The molecule has 0 aliphatic heterocycles. The summed E-state index contributed by atoms with van der Waals surface area (Å²) in [6.45, 7) is 7.00. The van der Waals surface area contributed by atoms with Crippen molar-refractivity contribution in [2.24, 2.45) is 0 Å². The predicted octanol–water partition coefficient (Wildman–Crippen LogP) is 3.52. The molecule has 0 fully saturated rings. The summed E-state index contributed by atoms with van der Waals surface area (Å²) in [5, 5.41) is 0.657. The largest absolute Gasteiger partial charge is 0.312 e. The Balaban J connectivity index is 3.05. The van der Waals surface area contributed by atoms with Crippen LogP contribution in [0.5, 0.6) is 0 Å². The Morgan fingerprint density at radius 3 is 2.91 bits per heavy atom. The van der Waals surface area contributed by atoms with E-state index in [9.17, 15) is 0 Å². The van der Waals surface area contributed by atoms with Gasteiger partial charge in [-0.1, -0.05) is 27.5 Å². The van der Waals surface area contributed by atoms with Gasteiger partial charge in [0, 0.05) is 4.47 Å². The van der Waals surface area contributed by atoms with Crippen molar-refractivity contribution < 1.29 is 0 Å². The van der Waals surface area contributed by atoms with E-state index in [-0.39, 0.29) is 0 Å². The molecule has 0 saturated carbocycles. The van der Waals surface area contributed by atoms with E-state index in [1.807, 2.05) is 12.1 Å². The number of benzene rings is 1. The van der Waals surface area contributed by atoms with Crippen LogP contribution in [0.1, 0.15) is 5.56 Å². The summed E-state index contributed by atoms with van der Waals surface area (Å²) >= 11 is 9.12. The molecule has 1 nitrogen and oxygen atoms in total. The fourth-order valence-corrected chi connectivity index (χ4v) is 1.34. The van der Waals surface area contributed by atoms with Crippen molar-refractivity contribution in [1.29, 1.82) is 0 Å². The average Bonchev–Trinajstić information content (AvgIpc) is 1.98. The van der Waals surface area contributed by atoms with Crippen LogP contribution in [0, 0.1) is 6.57 Å². The summed E-state index contributed by atoms with van der Waals surface area (Å²) in [6, 6.07) is 5.50. The third kappa shape index (κ3) is 2.21. The minimum Gasteiger partial charge on any atom is -0.312 e. The Kier molecular flexibility index (Phi) is 2.92. The van der Waals surface area contributed by atoms with Gasteiger partial charge in [-0.2, -0.15) is 0 Å². The van der Waals surface area contributed by atoms with Gasteiger partial charge in [0.25, 0.3) is 0 Å². The smallest absolute Gasteiger partial charge is 0.241 e. The Hall–Kier alpha value is -0.520. The molecule has 1 aromatic rings. The molecule has 0 amide bonds. The van der Waals surface area contributed by atoms with E-state index in [0.29, 0.717) is 11.6 Å². The van der Waals surface area contributed by atoms with Crippen molar-refractivity contribution in [2.75, 3.05) is 0 Å². The van der Waals surface area contributed by atoms with Crippen LogP contribution in [0.3, 0.4) is 0 Å². The lowest BCUT2D eigenvalue weighted by atomic mass is 10.2. The highest BCUT2D eigenvalue weighted by atomic mass is 79.9. The maximum Gasteiger partial charge on any atom is 0.241 e. The van der Waals surface area contributed by atoms with Crippen molar-refractivity contribution >= 4 is 27.5 Å². The average molecular weight is 230 g/mol. The summed E-state index contributed by atoms with van der Waals surface area (Å²) in [5.41, 5.74) is 0.871. The van der Waals surface area contributed by atoms with E-state index in [2.05, 4.69) is 20.8 Å². The van der Waals surface area contributed by atoms with E-state index in [0.717, 1.165) is 10.0 Å². The summed E-state index contributed by atoms with van der Waals surface area (Å²) < 4.78 is 0.959. The van der Waals surface area contributed by atoms with E-state index < -0.39 is 0 Å². The van der Waals surface area contributed by atoms with Crippen LogP contribution in [0.15, 0.2) is 22.7 Å². The molecule has 0 N–H and O–H groups in total. The first-order chi connectivity index (χ1) is 5.24. The molecule has 0 aromatic heterocycles. The van der Waals surface area contributed by atoms with Gasteiger partial charge in [-0.25, -0.2) is 6.57 Å². The van der Waals surface area contributed by atoms with Gasteiger partial charge in [-0.3, -0.25) is 0 Å². The van der Waals surface area contributed by atoms with E-state index in [1.54, 1.807) is 6.07 Å². The fourth-order valence-electron chi connectivity index (χ4n) is 0.750. The van der Waals surface area contributed by atoms with Crippen molar-refractivity contribution in [3.63, 3.8) is 0 Å². The molecule has 11 heavy (non-hydrogen) atoms. The number of hydrogen-bond acceptors (Lipinski definition) is 0. The first kappa shape index (κ1) is 8.58. The van der Waals surface area contributed by atoms with Crippen LogP contribution in [-0.4, -0.2) is 0 Å². The van der Waals surface area contributed by atoms with Crippen LogP contribution in [-0.2, 0) is 6.54 Å². The molecule has 0 radical (unpaired) electrons. The lowest BCUT2D eigenvalue weighted by Crippen LogP contribution is -1.80. The number of nitrogens with zero attached hydrogens (tertiary/aromatic N) is 1. The van der Waals surface area contributed by atoms with Crippen LogP contribution in [0.25, 0.3) is 4.85 Å². The predicted molar refractivity (Wildman–Crippen MR) is 49.5 cm³/mol. The standard InChI is InChI=1S/C8H5BrClN/c1-11-5-6-4-7(9)2-3-8(6)10/h2-4H,5H2. The van der Waals surface area contributed by atoms with Crippen LogP contribution in [0.4, 0.5) is 0 Å². The molecular formula is C8H5BrClN. The zero-order chi connectivity index (χ0) is 8.27. The SMILES string of the molecule is [C-]#[N+]Cc1cc(Br)ccc1Cl. The second kappa shape index (κ2) is 3.75. The second-order valence-electron chi connectivity index (χ2n) is 2.05. The lowest BCUT2D eigenvalue weighted by Gasteiger charge is -1.96. The van der Waals surface area contributed by atoms with Gasteiger partial charge in [-0.05, 0) is 18.2 Å². The first-order valence-electron chi connectivity index (χ1n) is 3.01. The topological polar surface area (TPSA) is 4.36 Å². The highest BCUT2D eigenvalue weighted by Crippen LogP contribution is 2.21. The maximum atomic E-state index is 6.66. The zero-order valence-corrected chi connectivity index (χ0v) is 7.98. The molecule has 0 saturated heterocycles. The van der Waals surface area contributed by atoms with Crippen LogP contribution in [0.2, 0.25) is 5.02 Å². The van der Waals surface area contributed by atoms with Gasteiger partial charge < -0.3 is 4.85 Å². The molecule has 1 aromatic carbocycles. The van der Waals surface area contributed by atoms with Crippen LogP contribution < -0.4 is 0 Å². The fraction of sp³-hybridized carbons (Fsp3) is 0.125. The van der Waals surface area contributed by atoms with Gasteiger partial charge in [0.05, 0.1) is 10.6 Å². The van der Waals surface area contributed by atoms with Crippen molar-refractivity contribution in [1.82, 2.24) is 0 Å². The van der Waals surface area contributed by atoms with Crippen molar-refractivity contribution in [3.05, 3.63) is 44.7 Å². The Labute approximate surface area is 78.9 Å². The second-order valence-corrected chi connectivity index (χ2v) is 3.37. The van der Waals surface area contributed by atoms with Gasteiger partial charge in [-0.15, -0.1) is 0 Å². The van der Waals surface area contributed by atoms with Crippen LogP contribution >= 0.6 is 27.5 Å². The molecule has 0 aliphatic rings. The third-order valence-corrected chi connectivity index (χ3v) is 2.12. The zero-order valence-electron chi connectivity index (χ0n) is 5.64. The van der Waals surface area contributed by atoms with Gasteiger partial charge in [0.15, 0.2) is 0 Å². The summed E-state index contributed by atoms with van der Waals surface area (Å²) in [5.74, 6) is 0. The molecule has 56 valence electrons. The number of hydrogen-bond donors (Lipinski definition) is 0. The highest BCUT2D eigenvalue weighted by molar-refractivity contribution is 9.10. The molecule has 0 bridgehead atoms. The Morgan fingerprint density at radius 1 is 1.55 bits per heavy atom. The Bertz CT molecular complexity index is 303. The lowest BCUT2D eigenvalue weighted by molar-refractivity contribution is 1.26. The third-order valence-electron chi connectivity index (χ3n) is 1.26. The Morgan fingerprint density at radius 2 is 2.27 bits per heavy atom. The van der Waals surface area contributed by atoms with E-state index in [4.69, 9.17) is 18.2 Å². The molecule has 0 heterocycles.